The lowest BCUT2D eigenvalue weighted by atomic mass is 9.99. The maximum Gasteiger partial charge on any atom is 0.282 e. The van der Waals surface area contributed by atoms with Gasteiger partial charge in [0, 0.05) is 23.7 Å². The first-order valence-electron chi connectivity index (χ1n) is 8.56. The number of quaternary nitrogens is 1. The summed E-state index contributed by atoms with van der Waals surface area (Å²) in [7, 11) is 3.18. The molecule has 3 rings (SSSR count). The zero-order valence-electron chi connectivity index (χ0n) is 15.0. The first-order chi connectivity index (χ1) is 12.1. The zero-order valence-corrected chi connectivity index (χ0v) is 15.0. The number of carbonyl (C=O) groups excluding carboxylic acids is 1. The summed E-state index contributed by atoms with van der Waals surface area (Å²) in [4.78, 5) is 14.0. The van der Waals surface area contributed by atoms with Crippen LogP contribution in [0.3, 0.4) is 0 Å². The minimum absolute atomic E-state index is 0.0154. The maximum absolute atomic E-state index is 12.7. The van der Waals surface area contributed by atoms with Crippen molar-refractivity contribution in [2.45, 2.75) is 25.9 Å². The third-order valence-corrected chi connectivity index (χ3v) is 4.91. The van der Waals surface area contributed by atoms with Crippen LogP contribution in [0.4, 0.5) is 5.69 Å². The number of amides is 1. The van der Waals surface area contributed by atoms with E-state index in [4.69, 9.17) is 9.47 Å². The van der Waals surface area contributed by atoms with Crippen LogP contribution in [0.25, 0.3) is 0 Å². The summed E-state index contributed by atoms with van der Waals surface area (Å²) in [5.74, 6) is 1.26. The molecule has 5 heteroatoms. The molecule has 1 amide bonds. The molecule has 0 aliphatic carbocycles. The van der Waals surface area contributed by atoms with Gasteiger partial charge in [-0.1, -0.05) is 24.3 Å². The van der Waals surface area contributed by atoms with E-state index in [9.17, 15) is 4.79 Å². The minimum atomic E-state index is -0.124. The molecular weight excluding hydrogens is 316 g/mol. The third kappa shape index (κ3) is 3.77. The highest BCUT2D eigenvalue weighted by atomic mass is 16.5. The van der Waals surface area contributed by atoms with Gasteiger partial charge in [-0.05, 0) is 24.6 Å². The molecule has 0 aromatic heterocycles. The number of hydrogen-bond donors (Lipinski definition) is 2. The number of hydrogen-bond acceptors (Lipinski definition) is 3. The molecule has 2 aromatic carbocycles. The first-order valence-corrected chi connectivity index (χ1v) is 8.56. The molecule has 1 heterocycles. The molecule has 0 fully saturated rings. The molecule has 0 radical (unpaired) electrons. The van der Waals surface area contributed by atoms with E-state index in [0.29, 0.717) is 17.2 Å². The van der Waals surface area contributed by atoms with E-state index in [0.717, 1.165) is 19.5 Å². The van der Waals surface area contributed by atoms with Crippen LogP contribution in [0.5, 0.6) is 11.5 Å². The number of anilines is 1. The Morgan fingerprint density at radius 1 is 1.08 bits per heavy atom. The Morgan fingerprint density at radius 3 is 2.52 bits per heavy atom. The molecule has 0 saturated heterocycles. The van der Waals surface area contributed by atoms with Gasteiger partial charge in [0.1, 0.15) is 6.54 Å². The van der Waals surface area contributed by atoms with Crippen LogP contribution in [-0.2, 0) is 17.8 Å². The number of benzene rings is 2. The summed E-state index contributed by atoms with van der Waals surface area (Å²) in [6.45, 7) is 3.84. The molecule has 1 unspecified atom stereocenters. The fourth-order valence-corrected chi connectivity index (χ4v) is 3.32. The average Bonchev–Trinajstić information content (AvgIpc) is 2.66. The van der Waals surface area contributed by atoms with Crippen LogP contribution in [0.2, 0.25) is 0 Å². The average molecular weight is 341 g/mol. The van der Waals surface area contributed by atoms with Crippen LogP contribution in [0.15, 0.2) is 42.5 Å². The molecule has 2 aromatic rings. The van der Waals surface area contributed by atoms with E-state index in [-0.39, 0.29) is 11.9 Å². The lowest BCUT2D eigenvalue weighted by Crippen LogP contribution is -3.16. The Hall–Kier alpha value is -2.53. The summed E-state index contributed by atoms with van der Waals surface area (Å²) < 4.78 is 10.5. The summed E-state index contributed by atoms with van der Waals surface area (Å²) >= 11 is 0. The molecule has 25 heavy (non-hydrogen) atoms. The number of carbonyl (C=O) groups is 1. The van der Waals surface area contributed by atoms with E-state index >= 15 is 0 Å². The van der Waals surface area contributed by atoms with Gasteiger partial charge in [-0.3, -0.25) is 4.79 Å². The molecule has 2 N–H and O–H groups in total. The van der Waals surface area contributed by atoms with Crippen molar-refractivity contribution in [3.05, 3.63) is 53.6 Å². The standard InChI is InChI=1S/C20H24N2O3/c1-14(22-11-10-15-6-4-5-7-16(15)13-22)20(23)21-17-8-9-18(24-2)19(12-17)25-3/h4-9,12,14H,10-11,13H2,1-3H3,(H,21,23)/p+1/t14-/m1/s1. The molecule has 0 bridgehead atoms. The minimum Gasteiger partial charge on any atom is -0.493 e. The molecule has 1 aliphatic heterocycles. The second-order valence-corrected chi connectivity index (χ2v) is 6.38. The Kier molecular flexibility index (Phi) is 5.24. The Bertz CT molecular complexity index is 760. The Balaban J connectivity index is 1.67. The quantitative estimate of drug-likeness (QED) is 0.870. The smallest absolute Gasteiger partial charge is 0.282 e. The second-order valence-electron chi connectivity index (χ2n) is 6.38. The highest BCUT2D eigenvalue weighted by Crippen LogP contribution is 2.29. The predicted molar refractivity (Wildman–Crippen MR) is 97.3 cm³/mol. The van der Waals surface area contributed by atoms with Crippen molar-refractivity contribution >= 4 is 11.6 Å². The van der Waals surface area contributed by atoms with E-state index in [2.05, 4.69) is 29.6 Å². The largest absolute Gasteiger partial charge is 0.493 e. The van der Waals surface area contributed by atoms with E-state index in [1.165, 1.54) is 16.0 Å². The molecule has 2 atom stereocenters. The van der Waals surface area contributed by atoms with Gasteiger partial charge in [0.25, 0.3) is 5.91 Å². The lowest BCUT2D eigenvalue weighted by molar-refractivity contribution is -0.929. The number of methoxy groups -OCH3 is 2. The van der Waals surface area contributed by atoms with Crippen molar-refractivity contribution in [3.63, 3.8) is 0 Å². The van der Waals surface area contributed by atoms with Gasteiger partial charge in [0.2, 0.25) is 0 Å². The molecule has 132 valence electrons. The van der Waals surface area contributed by atoms with E-state index in [1.807, 2.05) is 13.0 Å². The highest BCUT2D eigenvalue weighted by Gasteiger charge is 2.29. The summed E-state index contributed by atoms with van der Waals surface area (Å²) in [6, 6.07) is 13.8. The monoisotopic (exact) mass is 341 g/mol. The van der Waals surface area contributed by atoms with Crippen molar-refractivity contribution in [2.75, 3.05) is 26.1 Å². The van der Waals surface area contributed by atoms with Crippen molar-refractivity contribution in [3.8, 4) is 11.5 Å². The van der Waals surface area contributed by atoms with E-state index < -0.39 is 0 Å². The van der Waals surface area contributed by atoms with Gasteiger partial charge >= 0.3 is 0 Å². The fourth-order valence-electron chi connectivity index (χ4n) is 3.32. The first kappa shape index (κ1) is 17.3. The van der Waals surface area contributed by atoms with Crippen LogP contribution in [-0.4, -0.2) is 32.7 Å². The van der Waals surface area contributed by atoms with Gasteiger partial charge in [-0.25, -0.2) is 0 Å². The fraction of sp³-hybridized carbons (Fsp3) is 0.350. The lowest BCUT2D eigenvalue weighted by Gasteiger charge is -2.30. The van der Waals surface area contributed by atoms with Gasteiger partial charge in [0.05, 0.1) is 20.8 Å². The summed E-state index contributed by atoms with van der Waals surface area (Å²) in [5, 5.41) is 2.99. The number of ether oxygens (including phenoxy) is 2. The number of nitrogens with one attached hydrogen (secondary N) is 2. The number of rotatable bonds is 5. The molecule has 1 aliphatic rings. The van der Waals surface area contributed by atoms with Gasteiger partial charge in [-0.2, -0.15) is 0 Å². The van der Waals surface area contributed by atoms with Crippen LogP contribution >= 0.6 is 0 Å². The predicted octanol–water partition coefficient (Wildman–Crippen LogP) is 1.67. The van der Waals surface area contributed by atoms with Gasteiger partial charge < -0.3 is 19.7 Å². The third-order valence-electron chi connectivity index (χ3n) is 4.91. The van der Waals surface area contributed by atoms with Crippen LogP contribution < -0.4 is 19.7 Å². The van der Waals surface area contributed by atoms with Crippen LogP contribution in [0.1, 0.15) is 18.1 Å². The van der Waals surface area contributed by atoms with Crippen molar-refractivity contribution in [1.29, 1.82) is 0 Å². The summed E-state index contributed by atoms with van der Waals surface area (Å²) in [6.07, 6.45) is 1.01. The molecule has 5 nitrogen and oxygen atoms in total. The normalized spacial score (nSPS) is 17.3. The molecular formula is C20H25N2O3+. The molecule has 0 saturated carbocycles. The van der Waals surface area contributed by atoms with E-state index in [1.54, 1.807) is 26.4 Å². The maximum atomic E-state index is 12.7. The van der Waals surface area contributed by atoms with Crippen LogP contribution in [0, 0.1) is 0 Å². The second kappa shape index (κ2) is 7.57. The van der Waals surface area contributed by atoms with Crippen molar-refractivity contribution < 1.29 is 19.2 Å². The Morgan fingerprint density at radius 2 is 1.80 bits per heavy atom. The number of fused-ring (bicyclic) bond motifs is 1. The van der Waals surface area contributed by atoms with Crippen molar-refractivity contribution in [1.82, 2.24) is 0 Å². The van der Waals surface area contributed by atoms with Gasteiger partial charge in [-0.15, -0.1) is 0 Å². The molecule has 0 spiro atoms. The SMILES string of the molecule is COc1ccc(NC(=O)[C@@H](C)[NH+]2CCc3ccccc3C2)cc1OC. The van der Waals surface area contributed by atoms with Gasteiger partial charge in [0.15, 0.2) is 17.5 Å². The Labute approximate surface area is 148 Å². The summed E-state index contributed by atoms with van der Waals surface area (Å²) in [5.41, 5.74) is 3.46. The van der Waals surface area contributed by atoms with Crippen molar-refractivity contribution in [2.24, 2.45) is 0 Å². The zero-order chi connectivity index (χ0) is 17.8. The topological polar surface area (TPSA) is 52.0 Å². The highest BCUT2D eigenvalue weighted by molar-refractivity contribution is 5.93.